The molecule has 0 aliphatic rings. The van der Waals surface area contributed by atoms with Crippen LogP contribution in [-0.4, -0.2) is 13.1 Å². The molecule has 0 atom stereocenters. The minimum absolute atomic E-state index is 0.00909. The van der Waals surface area contributed by atoms with Gasteiger partial charge in [-0.1, -0.05) is 12.1 Å². The lowest BCUT2D eigenvalue weighted by Gasteiger charge is -2.09. The van der Waals surface area contributed by atoms with Gasteiger partial charge in [-0.05, 0) is 30.3 Å². The monoisotopic (exact) mass is 271 g/mol. The van der Waals surface area contributed by atoms with Crippen molar-refractivity contribution in [3.63, 3.8) is 0 Å². The van der Waals surface area contributed by atoms with Gasteiger partial charge in [0.1, 0.15) is 11.8 Å². The first kappa shape index (κ1) is 13.6. The smallest absolute Gasteiger partial charge is 0.337 e. The number of nitrogens with zero attached hydrogens (tertiary/aromatic N) is 1. The summed E-state index contributed by atoms with van der Waals surface area (Å²) >= 11 is 0. The van der Waals surface area contributed by atoms with Crippen molar-refractivity contribution >= 4 is 5.97 Å². The molecule has 2 aromatic carbocycles. The molecule has 0 aliphatic heterocycles. The fourth-order valence-corrected chi connectivity index (χ4v) is 1.60. The number of para-hydroxylation sites is 1. The second-order valence-corrected chi connectivity index (χ2v) is 3.85. The van der Waals surface area contributed by atoms with Crippen molar-refractivity contribution < 1.29 is 18.7 Å². The van der Waals surface area contributed by atoms with Gasteiger partial charge in [0.15, 0.2) is 11.6 Å². The van der Waals surface area contributed by atoms with Crippen LogP contribution in [-0.2, 0) is 4.74 Å². The van der Waals surface area contributed by atoms with Gasteiger partial charge >= 0.3 is 5.97 Å². The van der Waals surface area contributed by atoms with Gasteiger partial charge in [0.05, 0.1) is 18.2 Å². The Balaban J connectivity index is 2.36. The van der Waals surface area contributed by atoms with Crippen LogP contribution in [0.5, 0.6) is 11.5 Å². The average Bonchev–Trinajstić information content (AvgIpc) is 2.49. The van der Waals surface area contributed by atoms with Crippen molar-refractivity contribution in [1.82, 2.24) is 0 Å². The molecule has 0 N–H and O–H groups in total. The highest BCUT2D eigenvalue weighted by atomic mass is 19.1. The second kappa shape index (κ2) is 5.85. The highest BCUT2D eigenvalue weighted by molar-refractivity contribution is 5.90. The number of ether oxygens (including phenoxy) is 2. The van der Waals surface area contributed by atoms with E-state index in [0.717, 1.165) is 0 Å². The largest absolute Gasteiger partial charge is 0.465 e. The number of hydrogen-bond acceptors (Lipinski definition) is 4. The Morgan fingerprint density at radius 1 is 1.20 bits per heavy atom. The molecule has 0 heterocycles. The fraction of sp³-hybridized carbons (Fsp3) is 0.0667. The van der Waals surface area contributed by atoms with Gasteiger partial charge in [0.25, 0.3) is 0 Å². The summed E-state index contributed by atoms with van der Waals surface area (Å²) in [7, 11) is 1.25. The van der Waals surface area contributed by atoms with E-state index < -0.39 is 11.8 Å². The molecule has 20 heavy (non-hydrogen) atoms. The number of hydrogen-bond donors (Lipinski definition) is 0. The van der Waals surface area contributed by atoms with E-state index in [1.165, 1.54) is 43.5 Å². The standard InChI is InChI=1S/C15H10FNO3/c1-19-15(18)10-6-7-13(11(8-10)9-17)20-14-5-3-2-4-12(14)16/h2-8H,1H3. The van der Waals surface area contributed by atoms with E-state index in [2.05, 4.69) is 4.74 Å². The third-order valence-corrected chi connectivity index (χ3v) is 2.58. The minimum atomic E-state index is -0.557. The van der Waals surface area contributed by atoms with Crippen LogP contribution < -0.4 is 4.74 Å². The second-order valence-electron chi connectivity index (χ2n) is 3.85. The third kappa shape index (κ3) is 2.75. The molecule has 5 heteroatoms. The number of carbonyl (C=O) groups is 1. The van der Waals surface area contributed by atoms with Gasteiger partial charge in [-0.3, -0.25) is 0 Å². The van der Waals surface area contributed by atoms with Gasteiger partial charge in [-0.2, -0.15) is 5.26 Å². The normalized spacial score (nSPS) is 9.65. The number of rotatable bonds is 3. The molecule has 0 bridgehead atoms. The molecule has 2 aromatic rings. The van der Waals surface area contributed by atoms with Crippen LogP contribution in [0.2, 0.25) is 0 Å². The topological polar surface area (TPSA) is 59.3 Å². The maximum atomic E-state index is 13.5. The predicted molar refractivity (Wildman–Crippen MR) is 69.0 cm³/mol. The highest BCUT2D eigenvalue weighted by Gasteiger charge is 2.12. The molecule has 0 unspecified atom stereocenters. The highest BCUT2D eigenvalue weighted by Crippen LogP contribution is 2.27. The average molecular weight is 271 g/mol. The molecule has 0 aliphatic carbocycles. The quantitative estimate of drug-likeness (QED) is 0.804. The van der Waals surface area contributed by atoms with Crippen LogP contribution in [0.15, 0.2) is 42.5 Å². The number of methoxy groups -OCH3 is 1. The molecule has 0 radical (unpaired) electrons. The summed E-state index contributed by atoms with van der Waals surface area (Å²) in [6.45, 7) is 0. The van der Waals surface area contributed by atoms with Crippen molar-refractivity contribution in [3.8, 4) is 17.6 Å². The SMILES string of the molecule is COC(=O)c1ccc(Oc2ccccc2F)c(C#N)c1. The van der Waals surface area contributed by atoms with Crippen LogP contribution in [0.1, 0.15) is 15.9 Å². The van der Waals surface area contributed by atoms with E-state index in [1.807, 2.05) is 6.07 Å². The predicted octanol–water partition coefficient (Wildman–Crippen LogP) is 3.28. The number of benzene rings is 2. The summed E-state index contributed by atoms with van der Waals surface area (Å²) in [6, 6.07) is 12.0. The number of carbonyl (C=O) groups excluding carboxylic acids is 1. The maximum Gasteiger partial charge on any atom is 0.337 e. The number of nitriles is 1. The molecule has 0 aromatic heterocycles. The lowest BCUT2D eigenvalue weighted by Crippen LogP contribution is -2.02. The lowest BCUT2D eigenvalue weighted by molar-refractivity contribution is 0.0600. The van der Waals surface area contributed by atoms with Crippen molar-refractivity contribution in [1.29, 1.82) is 5.26 Å². The van der Waals surface area contributed by atoms with Crippen molar-refractivity contribution in [2.24, 2.45) is 0 Å². The van der Waals surface area contributed by atoms with Gasteiger partial charge in [0.2, 0.25) is 0 Å². The van der Waals surface area contributed by atoms with Crippen LogP contribution in [0, 0.1) is 17.1 Å². The van der Waals surface area contributed by atoms with Crippen molar-refractivity contribution in [2.75, 3.05) is 7.11 Å². The summed E-state index contributed by atoms with van der Waals surface area (Å²) in [5.74, 6) is -0.910. The van der Waals surface area contributed by atoms with Crippen molar-refractivity contribution in [3.05, 3.63) is 59.4 Å². The van der Waals surface area contributed by atoms with Crippen molar-refractivity contribution in [2.45, 2.75) is 0 Å². The Hall–Kier alpha value is -2.87. The summed E-state index contributed by atoms with van der Waals surface area (Å²) < 4.78 is 23.4. The Kier molecular flexibility index (Phi) is 3.96. The van der Waals surface area contributed by atoms with E-state index >= 15 is 0 Å². The van der Waals surface area contributed by atoms with Crippen LogP contribution in [0.25, 0.3) is 0 Å². The Labute approximate surface area is 115 Å². The first-order valence-electron chi connectivity index (χ1n) is 5.70. The molecular weight excluding hydrogens is 261 g/mol. The molecule has 0 fully saturated rings. The molecule has 0 saturated heterocycles. The Morgan fingerprint density at radius 2 is 1.95 bits per heavy atom. The lowest BCUT2D eigenvalue weighted by atomic mass is 10.1. The van der Waals surface area contributed by atoms with E-state index in [4.69, 9.17) is 10.00 Å². The molecule has 0 amide bonds. The molecule has 0 saturated carbocycles. The first-order valence-corrected chi connectivity index (χ1v) is 5.70. The van der Waals surface area contributed by atoms with E-state index in [9.17, 15) is 9.18 Å². The van der Waals surface area contributed by atoms with E-state index in [-0.39, 0.29) is 22.6 Å². The van der Waals surface area contributed by atoms with Gasteiger partial charge in [-0.25, -0.2) is 9.18 Å². The Bertz CT molecular complexity index is 692. The molecular formula is C15H10FNO3. The van der Waals surface area contributed by atoms with Crippen LogP contribution >= 0.6 is 0 Å². The Morgan fingerprint density at radius 3 is 2.60 bits per heavy atom. The summed E-state index contributed by atoms with van der Waals surface area (Å²) in [6.07, 6.45) is 0. The molecule has 100 valence electrons. The fourth-order valence-electron chi connectivity index (χ4n) is 1.60. The van der Waals surface area contributed by atoms with Crippen LogP contribution in [0.3, 0.4) is 0 Å². The van der Waals surface area contributed by atoms with Crippen LogP contribution in [0.4, 0.5) is 4.39 Å². The zero-order valence-electron chi connectivity index (χ0n) is 10.6. The summed E-state index contributed by atoms with van der Waals surface area (Å²) in [4.78, 5) is 11.4. The first-order chi connectivity index (χ1) is 9.65. The van der Waals surface area contributed by atoms with Gasteiger partial charge < -0.3 is 9.47 Å². The zero-order valence-corrected chi connectivity index (χ0v) is 10.6. The number of esters is 1. The third-order valence-electron chi connectivity index (χ3n) is 2.58. The van der Waals surface area contributed by atoms with E-state index in [1.54, 1.807) is 6.07 Å². The summed E-state index contributed by atoms with van der Waals surface area (Å²) in [5, 5.41) is 9.07. The minimum Gasteiger partial charge on any atom is -0.465 e. The zero-order chi connectivity index (χ0) is 14.5. The van der Waals surface area contributed by atoms with Gasteiger partial charge in [0, 0.05) is 0 Å². The molecule has 4 nitrogen and oxygen atoms in total. The molecule has 0 spiro atoms. The molecule has 2 rings (SSSR count). The van der Waals surface area contributed by atoms with E-state index in [0.29, 0.717) is 0 Å². The number of halogens is 1. The maximum absolute atomic E-state index is 13.5. The van der Waals surface area contributed by atoms with Gasteiger partial charge in [-0.15, -0.1) is 0 Å². The summed E-state index contributed by atoms with van der Waals surface area (Å²) in [5.41, 5.74) is 0.348.